The molecule has 3 aliphatic rings. The van der Waals surface area contributed by atoms with Crippen LogP contribution in [0.2, 0.25) is 0 Å². The number of nitrogens with zero attached hydrogens (tertiary/aromatic N) is 1. The Balaban J connectivity index is 2.03. The van der Waals surface area contributed by atoms with E-state index < -0.39 is 0 Å². The molecule has 0 aromatic carbocycles. The Hall–Kier alpha value is -0.570. The first kappa shape index (κ1) is 7.80. The number of hydrogen-bond acceptors (Lipinski definition) is 2. The van der Waals surface area contributed by atoms with Gasteiger partial charge in [-0.1, -0.05) is 0 Å². The minimum atomic E-state index is 0.00287. The first-order valence-electron chi connectivity index (χ1n) is 5.09. The van der Waals surface area contributed by atoms with Crippen LogP contribution in [-0.2, 0) is 9.53 Å². The van der Waals surface area contributed by atoms with E-state index in [-0.39, 0.29) is 11.8 Å². The summed E-state index contributed by atoms with van der Waals surface area (Å²) in [7, 11) is 0. The van der Waals surface area contributed by atoms with Crippen molar-refractivity contribution in [3.8, 4) is 0 Å². The van der Waals surface area contributed by atoms with E-state index in [0.29, 0.717) is 17.7 Å². The Kier molecular flexibility index (Phi) is 1.25. The molecule has 2 aliphatic heterocycles. The first-order valence-corrected chi connectivity index (χ1v) is 5.09. The summed E-state index contributed by atoms with van der Waals surface area (Å²) in [5, 5.41) is 0. The van der Waals surface area contributed by atoms with Gasteiger partial charge in [0.2, 0.25) is 5.91 Å². The fourth-order valence-electron chi connectivity index (χ4n) is 3.28. The average Bonchev–Trinajstić information content (AvgIpc) is 2.30. The highest BCUT2D eigenvalue weighted by molar-refractivity contribution is 5.84. The van der Waals surface area contributed by atoms with E-state index in [4.69, 9.17) is 4.74 Å². The number of fused-ring (bicyclic) bond motifs is 3. The number of carbonyl (C=O) groups excluding carboxylic acids is 1. The van der Waals surface area contributed by atoms with Crippen LogP contribution in [0.4, 0.5) is 0 Å². The van der Waals surface area contributed by atoms with Crippen LogP contribution < -0.4 is 0 Å². The van der Waals surface area contributed by atoms with Crippen LogP contribution in [0.15, 0.2) is 0 Å². The molecular formula is C10H15NO2. The molecule has 0 radical (unpaired) electrons. The molecule has 3 heteroatoms. The number of ether oxygens (including phenoxy) is 1. The standard InChI is InChI=1S/C10H15NO2/c1-6-11-9(12)7-3-4-8(7)10(11,2)5-13-6/h6-8H,3-5H2,1-2H3/t6-,7?,8?,10-/m0/s1. The van der Waals surface area contributed by atoms with Crippen LogP contribution in [0.1, 0.15) is 26.7 Å². The molecule has 2 saturated heterocycles. The van der Waals surface area contributed by atoms with Gasteiger partial charge in [-0.15, -0.1) is 0 Å². The summed E-state index contributed by atoms with van der Waals surface area (Å²) in [5.74, 6) is 1.24. The van der Waals surface area contributed by atoms with Gasteiger partial charge in [0.15, 0.2) is 0 Å². The van der Waals surface area contributed by atoms with E-state index >= 15 is 0 Å². The maximum absolute atomic E-state index is 11.9. The van der Waals surface area contributed by atoms with Gasteiger partial charge in [-0.05, 0) is 32.6 Å². The lowest BCUT2D eigenvalue weighted by atomic mass is 9.68. The van der Waals surface area contributed by atoms with Gasteiger partial charge in [0.05, 0.1) is 12.1 Å². The van der Waals surface area contributed by atoms with E-state index in [1.54, 1.807) is 0 Å². The molecule has 0 N–H and O–H groups in total. The number of carbonyl (C=O) groups is 1. The van der Waals surface area contributed by atoms with E-state index in [2.05, 4.69) is 6.92 Å². The molecule has 1 amide bonds. The number of hydrogen-bond donors (Lipinski definition) is 0. The average molecular weight is 181 g/mol. The van der Waals surface area contributed by atoms with Gasteiger partial charge in [-0.2, -0.15) is 0 Å². The van der Waals surface area contributed by atoms with Crippen LogP contribution in [0.3, 0.4) is 0 Å². The summed E-state index contributed by atoms with van der Waals surface area (Å²) in [6, 6.07) is 0. The van der Waals surface area contributed by atoms with Crippen molar-refractivity contribution < 1.29 is 9.53 Å². The lowest BCUT2D eigenvalue weighted by Gasteiger charge is -2.37. The van der Waals surface area contributed by atoms with Crippen LogP contribution in [0, 0.1) is 11.8 Å². The zero-order chi connectivity index (χ0) is 9.22. The molecule has 3 nitrogen and oxygen atoms in total. The van der Waals surface area contributed by atoms with Crippen LogP contribution in [0.5, 0.6) is 0 Å². The van der Waals surface area contributed by atoms with Crippen molar-refractivity contribution in [3.63, 3.8) is 0 Å². The van der Waals surface area contributed by atoms with Crippen LogP contribution >= 0.6 is 0 Å². The molecule has 2 unspecified atom stereocenters. The second kappa shape index (κ2) is 2.08. The third kappa shape index (κ3) is 0.688. The monoisotopic (exact) mass is 181 g/mol. The zero-order valence-corrected chi connectivity index (χ0v) is 8.12. The molecule has 1 aliphatic carbocycles. The molecule has 3 rings (SSSR count). The molecule has 72 valence electrons. The molecule has 0 aromatic rings. The van der Waals surface area contributed by atoms with Gasteiger partial charge < -0.3 is 9.64 Å². The highest BCUT2D eigenvalue weighted by Gasteiger charge is 2.63. The van der Waals surface area contributed by atoms with Crippen molar-refractivity contribution in [2.75, 3.05) is 6.61 Å². The van der Waals surface area contributed by atoms with Gasteiger partial charge in [0, 0.05) is 5.92 Å². The molecule has 2 heterocycles. The molecule has 0 aromatic heterocycles. The van der Waals surface area contributed by atoms with Gasteiger partial charge in [0.25, 0.3) is 0 Å². The van der Waals surface area contributed by atoms with Crippen LogP contribution in [-0.4, -0.2) is 29.2 Å². The summed E-state index contributed by atoms with van der Waals surface area (Å²) in [4.78, 5) is 13.9. The highest BCUT2D eigenvalue weighted by atomic mass is 16.5. The lowest BCUT2D eigenvalue weighted by Crippen LogP contribution is -2.46. The summed E-state index contributed by atoms with van der Waals surface area (Å²) < 4.78 is 5.55. The van der Waals surface area contributed by atoms with Gasteiger partial charge in [-0.25, -0.2) is 0 Å². The minimum absolute atomic E-state index is 0.00287. The van der Waals surface area contributed by atoms with Gasteiger partial charge >= 0.3 is 0 Å². The normalized spacial score (nSPS) is 53.2. The van der Waals surface area contributed by atoms with E-state index in [9.17, 15) is 4.79 Å². The quantitative estimate of drug-likeness (QED) is 0.557. The fraction of sp³-hybridized carbons (Fsp3) is 0.900. The van der Waals surface area contributed by atoms with E-state index in [0.717, 1.165) is 13.0 Å². The van der Waals surface area contributed by atoms with Crippen molar-refractivity contribution in [1.29, 1.82) is 0 Å². The SMILES string of the molecule is C[C@@H]1OC[C@@]2(C)C3CCC3C(=O)N12. The van der Waals surface area contributed by atoms with Crippen molar-refractivity contribution >= 4 is 5.91 Å². The zero-order valence-electron chi connectivity index (χ0n) is 8.12. The largest absolute Gasteiger partial charge is 0.356 e. The third-order valence-corrected chi connectivity index (χ3v) is 4.16. The highest BCUT2D eigenvalue weighted by Crippen LogP contribution is 2.54. The van der Waals surface area contributed by atoms with Crippen molar-refractivity contribution in [2.24, 2.45) is 11.8 Å². The molecule has 0 bridgehead atoms. The van der Waals surface area contributed by atoms with Crippen molar-refractivity contribution in [3.05, 3.63) is 0 Å². The minimum Gasteiger partial charge on any atom is -0.356 e. The van der Waals surface area contributed by atoms with E-state index in [1.807, 2.05) is 11.8 Å². The molecule has 0 spiro atoms. The molecule has 13 heavy (non-hydrogen) atoms. The van der Waals surface area contributed by atoms with Crippen LogP contribution in [0.25, 0.3) is 0 Å². The Bertz CT molecular complexity index is 278. The van der Waals surface area contributed by atoms with Crippen molar-refractivity contribution in [1.82, 2.24) is 4.90 Å². The van der Waals surface area contributed by atoms with Crippen molar-refractivity contribution in [2.45, 2.75) is 38.5 Å². The Morgan fingerprint density at radius 3 is 2.92 bits per heavy atom. The second-order valence-electron chi connectivity index (χ2n) is 4.77. The summed E-state index contributed by atoms with van der Waals surface area (Å²) >= 11 is 0. The predicted molar refractivity (Wildman–Crippen MR) is 46.9 cm³/mol. The number of amides is 1. The third-order valence-electron chi connectivity index (χ3n) is 4.16. The molecule has 4 atom stereocenters. The second-order valence-corrected chi connectivity index (χ2v) is 4.77. The number of rotatable bonds is 0. The first-order chi connectivity index (χ1) is 6.14. The Labute approximate surface area is 78.0 Å². The Morgan fingerprint density at radius 1 is 1.54 bits per heavy atom. The maximum atomic E-state index is 11.9. The topological polar surface area (TPSA) is 29.5 Å². The Morgan fingerprint density at radius 2 is 2.31 bits per heavy atom. The summed E-state index contributed by atoms with van der Waals surface area (Å²) in [6.07, 6.45) is 2.31. The van der Waals surface area contributed by atoms with Gasteiger partial charge in [-0.3, -0.25) is 4.79 Å². The van der Waals surface area contributed by atoms with Gasteiger partial charge in [0.1, 0.15) is 6.23 Å². The lowest BCUT2D eigenvalue weighted by molar-refractivity contribution is -0.138. The molecule has 3 fully saturated rings. The molecule has 1 saturated carbocycles. The summed E-state index contributed by atoms with van der Waals surface area (Å²) in [5.41, 5.74) is 0.0272. The predicted octanol–water partition coefficient (Wildman–Crippen LogP) is 0.990. The molecular weight excluding hydrogens is 166 g/mol. The van der Waals surface area contributed by atoms with E-state index in [1.165, 1.54) is 6.42 Å². The fourth-order valence-corrected chi connectivity index (χ4v) is 3.28. The summed E-state index contributed by atoms with van der Waals surface area (Å²) in [6.45, 7) is 4.90. The smallest absolute Gasteiger partial charge is 0.228 e. The maximum Gasteiger partial charge on any atom is 0.228 e.